The molecule has 2 aromatic rings. The number of anilines is 1. The summed E-state index contributed by atoms with van der Waals surface area (Å²) < 4.78 is 0. The fourth-order valence-corrected chi connectivity index (χ4v) is 2.04. The van der Waals surface area contributed by atoms with Crippen LogP contribution in [0.2, 0.25) is 0 Å². The molecule has 15 heavy (non-hydrogen) atoms. The number of carboxylic acids is 1. The summed E-state index contributed by atoms with van der Waals surface area (Å²) in [6.45, 7) is 0.465. The van der Waals surface area contributed by atoms with Crippen molar-refractivity contribution in [3.63, 3.8) is 0 Å². The number of hydrogen-bond acceptors (Lipinski definition) is 7. The van der Waals surface area contributed by atoms with Gasteiger partial charge in [-0.3, -0.25) is 0 Å². The predicted octanol–water partition coefficient (Wildman–Crippen LogP) is 1.30. The van der Waals surface area contributed by atoms with Crippen LogP contribution in [0.15, 0.2) is 10.9 Å². The van der Waals surface area contributed by atoms with E-state index in [0.29, 0.717) is 16.7 Å². The number of aromatic nitrogens is 3. The van der Waals surface area contributed by atoms with Crippen molar-refractivity contribution >= 4 is 33.8 Å². The Bertz CT molecular complexity index is 453. The minimum Gasteiger partial charge on any atom is -0.476 e. The van der Waals surface area contributed by atoms with Crippen LogP contribution < -0.4 is 5.32 Å². The Hall–Kier alpha value is -1.54. The Morgan fingerprint density at radius 1 is 1.53 bits per heavy atom. The molecule has 0 spiro atoms. The van der Waals surface area contributed by atoms with Gasteiger partial charge in [0.1, 0.15) is 10.5 Å². The van der Waals surface area contributed by atoms with Crippen LogP contribution in [0.3, 0.4) is 0 Å². The molecule has 0 amide bonds. The van der Waals surface area contributed by atoms with E-state index >= 15 is 0 Å². The molecule has 0 aliphatic rings. The van der Waals surface area contributed by atoms with Crippen molar-refractivity contribution < 1.29 is 9.90 Å². The Morgan fingerprint density at radius 3 is 3.00 bits per heavy atom. The van der Waals surface area contributed by atoms with E-state index in [1.807, 2.05) is 0 Å². The average Bonchev–Trinajstić information content (AvgIpc) is 2.86. The quantitative estimate of drug-likeness (QED) is 0.840. The van der Waals surface area contributed by atoms with Crippen molar-refractivity contribution in [1.29, 1.82) is 0 Å². The van der Waals surface area contributed by atoms with E-state index in [1.54, 1.807) is 5.51 Å². The standard InChI is InChI=1S/C7H6N4O2S2/c12-6(13)4-2-14-5(10-4)1-8-7-11-9-3-15-7/h2-3H,1H2,(H,8,11)(H,12,13). The van der Waals surface area contributed by atoms with Gasteiger partial charge in [0.15, 0.2) is 5.69 Å². The smallest absolute Gasteiger partial charge is 0.355 e. The number of nitrogens with zero attached hydrogens (tertiary/aromatic N) is 3. The molecule has 2 rings (SSSR count). The van der Waals surface area contributed by atoms with Gasteiger partial charge >= 0.3 is 5.97 Å². The van der Waals surface area contributed by atoms with Gasteiger partial charge in [-0.1, -0.05) is 11.3 Å². The zero-order chi connectivity index (χ0) is 10.7. The van der Waals surface area contributed by atoms with Crippen LogP contribution in [0, 0.1) is 0 Å². The van der Waals surface area contributed by atoms with Gasteiger partial charge in [0.2, 0.25) is 5.13 Å². The van der Waals surface area contributed by atoms with E-state index in [1.165, 1.54) is 28.1 Å². The molecule has 0 unspecified atom stereocenters. The molecule has 78 valence electrons. The van der Waals surface area contributed by atoms with Crippen molar-refractivity contribution in [2.45, 2.75) is 6.54 Å². The molecule has 0 aliphatic carbocycles. The SMILES string of the molecule is O=C(O)c1csc(CNc2nncs2)n1. The largest absolute Gasteiger partial charge is 0.476 e. The van der Waals surface area contributed by atoms with Gasteiger partial charge < -0.3 is 10.4 Å². The summed E-state index contributed by atoms with van der Waals surface area (Å²) >= 11 is 2.68. The highest BCUT2D eigenvalue weighted by Crippen LogP contribution is 2.13. The predicted molar refractivity (Wildman–Crippen MR) is 56.3 cm³/mol. The van der Waals surface area contributed by atoms with Crippen molar-refractivity contribution in [3.8, 4) is 0 Å². The fourth-order valence-electron chi connectivity index (χ4n) is 0.892. The Morgan fingerprint density at radius 2 is 2.40 bits per heavy atom. The van der Waals surface area contributed by atoms with E-state index in [9.17, 15) is 4.79 Å². The van der Waals surface area contributed by atoms with Crippen LogP contribution in [0.1, 0.15) is 15.5 Å². The number of rotatable bonds is 4. The number of nitrogens with one attached hydrogen (secondary N) is 1. The van der Waals surface area contributed by atoms with E-state index in [-0.39, 0.29) is 5.69 Å². The van der Waals surface area contributed by atoms with E-state index in [4.69, 9.17) is 5.11 Å². The maximum atomic E-state index is 10.6. The molecule has 6 nitrogen and oxygen atoms in total. The Kier molecular flexibility index (Phi) is 2.88. The lowest BCUT2D eigenvalue weighted by molar-refractivity contribution is 0.0691. The third kappa shape index (κ3) is 2.48. The third-order valence-electron chi connectivity index (χ3n) is 1.52. The summed E-state index contributed by atoms with van der Waals surface area (Å²) in [4.78, 5) is 14.5. The molecule has 0 aromatic carbocycles. The second-order valence-corrected chi connectivity index (χ2v) is 4.30. The first-order valence-electron chi connectivity index (χ1n) is 3.93. The van der Waals surface area contributed by atoms with Crippen LogP contribution >= 0.6 is 22.7 Å². The Labute approximate surface area is 92.6 Å². The van der Waals surface area contributed by atoms with Crippen molar-refractivity contribution in [1.82, 2.24) is 15.2 Å². The van der Waals surface area contributed by atoms with Gasteiger partial charge in [-0.05, 0) is 0 Å². The molecule has 8 heteroatoms. The highest BCUT2D eigenvalue weighted by atomic mass is 32.1. The third-order valence-corrected chi connectivity index (χ3v) is 3.02. The topological polar surface area (TPSA) is 88.0 Å². The van der Waals surface area contributed by atoms with Gasteiger partial charge in [-0.15, -0.1) is 21.5 Å². The lowest BCUT2D eigenvalue weighted by atomic mass is 10.5. The van der Waals surface area contributed by atoms with Crippen molar-refractivity contribution in [2.75, 3.05) is 5.32 Å². The monoisotopic (exact) mass is 242 g/mol. The van der Waals surface area contributed by atoms with Gasteiger partial charge in [0, 0.05) is 5.38 Å². The van der Waals surface area contributed by atoms with Gasteiger partial charge in [-0.2, -0.15) is 0 Å². The van der Waals surface area contributed by atoms with Crippen molar-refractivity contribution in [3.05, 3.63) is 21.6 Å². The molecule has 2 N–H and O–H groups in total. The minimum absolute atomic E-state index is 0.0778. The zero-order valence-electron chi connectivity index (χ0n) is 7.38. The van der Waals surface area contributed by atoms with Gasteiger partial charge in [-0.25, -0.2) is 9.78 Å². The zero-order valence-corrected chi connectivity index (χ0v) is 9.01. The number of carboxylic acid groups (broad SMARTS) is 1. The number of hydrogen-bond donors (Lipinski definition) is 2. The second-order valence-electron chi connectivity index (χ2n) is 2.53. The molecule has 0 atom stereocenters. The number of aromatic carboxylic acids is 1. The first kappa shape index (κ1) is 9.99. The van der Waals surface area contributed by atoms with Gasteiger partial charge in [0.25, 0.3) is 0 Å². The maximum Gasteiger partial charge on any atom is 0.355 e. The second kappa shape index (κ2) is 4.32. The van der Waals surface area contributed by atoms with E-state index in [0.717, 1.165) is 0 Å². The molecular formula is C7H6N4O2S2. The van der Waals surface area contributed by atoms with E-state index in [2.05, 4.69) is 20.5 Å². The molecule has 2 aromatic heterocycles. The van der Waals surface area contributed by atoms with Crippen molar-refractivity contribution in [2.24, 2.45) is 0 Å². The van der Waals surface area contributed by atoms with Crippen LogP contribution in [0.4, 0.5) is 5.13 Å². The lowest BCUT2D eigenvalue weighted by Gasteiger charge is -1.96. The summed E-state index contributed by atoms with van der Waals surface area (Å²) in [5.41, 5.74) is 1.70. The summed E-state index contributed by atoms with van der Waals surface area (Å²) in [6, 6.07) is 0. The summed E-state index contributed by atoms with van der Waals surface area (Å²) in [7, 11) is 0. The lowest BCUT2D eigenvalue weighted by Crippen LogP contribution is -2.01. The van der Waals surface area contributed by atoms with Crippen LogP contribution in [0.5, 0.6) is 0 Å². The highest BCUT2D eigenvalue weighted by Gasteiger charge is 2.08. The maximum absolute atomic E-state index is 10.6. The van der Waals surface area contributed by atoms with Crippen LogP contribution in [-0.2, 0) is 6.54 Å². The minimum atomic E-state index is -1.01. The molecular weight excluding hydrogens is 236 g/mol. The van der Waals surface area contributed by atoms with Crippen LogP contribution in [-0.4, -0.2) is 26.3 Å². The molecule has 0 fully saturated rings. The molecule has 0 bridgehead atoms. The molecule has 0 saturated heterocycles. The first-order chi connectivity index (χ1) is 7.25. The summed E-state index contributed by atoms with van der Waals surface area (Å²) in [5, 5.41) is 22.0. The van der Waals surface area contributed by atoms with Crippen LogP contribution in [0.25, 0.3) is 0 Å². The van der Waals surface area contributed by atoms with Gasteiger partial charge in [0.05, 0.1) is 6.54 Å². The number of carbonyl (C=O) groups is 1. The average molecular weight is 242 g/mol. The summed E-state index contributed by atoms with van der Waals surface area (Å²) in [6.07, 6.45) is 0. The van der Waals surface area contributed by atoms with E-state index < -0.39 is 5.97 Å². The highest BCUT2D eigenvalue weighted by molar-refractivity contribution is 7.13. The fraction of sp³-hybridized carbons (Fsp3) is 0.143. The summed E-state index contributed by atoms with van der Waals surface area (Å²) in [5.74, 6) is -1.01. The Balaban J connectivity index is 1.96. The molecule has 0 radical (unpaired) electrons. The first-order valence-corrected chi connectivity index (χ1v) is 5.69. The molecule has 0 saturated carbocycles. The number of thiazole rings is 1. The molecule has 2 heterocycles. The molecule has 0 aliphatic heterocycles. The normalized spacial score (nSPS) is 10.1.